The number of benzene rings is 1. The molecule has 0 radical (unpaired) electrons. The van der Waals surface area contributed by atoms with E-state index in [0.717, 1.165) is 11.4 Å². The van der Waals surface area contributed by atoms with Gasteiger partial charge < -0.3 is 5.11 Å². The maximum absolute atomic E-state index is 8.87. The van der Waals surface area contributed by atoms with Gasteiger partial charge in [-0.2, -0.15) is 0 Å². The molecule has 11 heavy (non-hydrogen) atoms. The highest BCUT2D eigenvalue weighted by atomic mass is 35.5. The first kappa shape index (κ1) is 7.14. The largest absolute Gasteiger partial charge is 0.396 e. The Morgan fingerprint density at radius 3 is 3.00 bits per heavy atom. The van der Waals surface area contributed by atoms with E-state index in [4.69, 9.17) is 16.7 Å². The average molecular weight is 169 g/mol. The lowest BCUT2D eigenvalue weighted by Crippen LogP contribution is -2.19. The molecular weight excluding hydrogens is 160 g/mol. The van der Waals surface area contributed by atoms with Gasteiger partial charge in [-0.3, -0.25) is 0 Å². The Morgan fingerprint density at radius 1 is 1.55 bits per heavy atom. The van der Waals surface area contributed by atoms with Crippen molar-refractivity contribution in [1.29, 1.82) is 0 Å². The van der Waals surface area contributed by atoms with Crippen molar-refractivity contribution < 1.29 is 5.11 Å². The molecule has 0 saturated carbocycles. The van der Waals surface area contributed by atoms with Crippen molar-refractivity contribution in [2.24, 2.45) is 0 Å². The van der Waals surface area contributed by atoms with E-state index in [2.05, 4.69) is 0 Å². The zero-order valence-corrected chi connectivity index (χ0v) is 6.80. The van der Waals surface area contributed by atoms with Gasteiger partial charge in [-0.1, -0.05) is 17.7 Å². The molecule has 1 unspecified atom stereocenters. The molecule has 0 bridgehead atoms. The SMILES string of the molecule is OCC1Cc2cc(Cl)ccc21. The molecule has 1 aromatic carbocycles. The van der Waals surface area contributed by atoms with Crippen LogP contribution in [0.5, 0.6) is 0 Å². The van der Waals surface area contributed by atoms with E-state index in [1.807, 2.05) is 18.2 Å². The lowest BCUT2D eigenvalue weighted by Gasteiger charge is -2.28. The Kier molecular flexibility index (Phi) is 1.63. The predicted octanol–water partition coefficient (Wildman–Crippen LogP) is 1.97. The minimum absolute atomic E-state index is 0.259. The second-order valence-electron chi connectivity index (χ2n) is 2.93. The molecule has 2 heteroatoms. The van der Waals surface area contributed by atoms with Gasteiger partial charge >= 0.3 is 0 Å². The van der Waals surface area contributed by atoms with Gasteiger partial charge in [-0.05, 0) is 29.7 Å². The van der Waals surface area contributed by atoms with Gasteiger partial charge in [-0.15, -0.1) is 0 Å². The van der Waals surface area contributed by atoms with Gasteiger partial charge in [0.1, 0.15) is 0 Å². The third kappa shape index (κ3) is 1.05. The van der Waals surface area contributed by atoms with Crippen LogP contribution in [-0.2, 0) is 6.42 Å². The third-order valence-corrected chi connectivity index (χ3v) is 2.47. The lowest BCUT2D eigenvalue weighted by molar-refractivity contribution is 0.253. The summed E-state index contributed by atoms with van der Waals surface area (Å²) in [5.41, 5.74) is 2.55. The first-order chi connectivity index (χ1) is 5.31. The number of aliphatic hydroxyl groups is 1. The Bertz CT molecular complexity index is 283. The molecule has 1 N–H and O–H groups in total. The standard InChI is InChI=1S/C9H9ClO/c10-8-1-2-9-6(4-8)3-7(9)5-11/h1-2,4,7,11H,3,5H2. The first-order valence-corrected chi connectivity index (χ1v) is 4.08. The fourth-order valence-corrected chi connectivity index (χ4v) is 1.75. The molecule has 1 aliphatic carbocycles. The molecule has 1 atom stereocenters. The smallest absolute Gasteiger partial charge is 0.0503 e. The molecule has 0 fully saturated rings. The van der Waals surface area contributed by atoms with E-state index in [0.29, 0.717) is 5.92 Å². The zero-order valence-electron chi connectivity index (χ0n) is 6.05. The van der Waals surface area contributed by atoms with E-state index in [1.165, 1.54) is 11.1 Å². The summed E-state index contributed by atoms with van der Waals surface area (Å²) in [5.74, 6) is 0.363. The Hall–Kier alpha value is -0.530. The summed E-state index contributed by atoms with van der Waals surface area (Å²) in [6.45, 7) is 0.259. The highest BCUT2D eigenvalue weighted by molar-refractivity contribution is 6.30. The predicted molar refractivity (Wildman–Crippen MR) is 45.0 cm³/mol. The van der Waals surface area contributed by atoms with Crippen LogP contribution < -0.4 is 0 Å². The summed E-state index contributed by atoms with van der Waals surface area (Å²) in [4.78, 5) is 0. The molecule has 2 rings (SSSR count). The van der Waals surface area contributed by atoms with Crippen LogP contribution in [0, 0.1) is 0 Å². The van der Waals surface area contributed by atoms with Crippen LogP contribution in [0.1, 0.15) is 17.0 Å². The molecule has 1 aliphatic rings. The van der Waals surface area contributed by atoms with E-state index >= 15 is 0 Å². The normalized spacial score (nSPS) is 20.7. The summed E-state index contributed by atoms with van der Waals surface area (Å²) in [6.07, 6.45) is 0.979. The number of rotatable bonds is 1. The molecule has 58 valence electrons. The van der Waals surface area contributed by atoms with Gasteiger partial charge in [0.2, 0.25) is 0 Å². The van der Waals surface area contributed by atoms with Gasteiger partial charge in [0.05, 0.1) is 6.61 Å². The molecule has 0 amide bonds. The summed E-state index contributed by atoms with van der Waals surface area (Å²) in [7, 11) is 0. The molecule has 0 aliphatic heterocycles. The van der Waals surface area contributed by atoms with Crippen molar-refractivity contribution in [2.45, 2.75) is 12.3 Å². The third-order valence-electron chi connectivity index (χ3n) is 2.23. The van der Waals surface area contributed by atoms with Gasteiger partial charge in [0.25, 0.3) is 0 Å². The fourth-order valence-electron chi connectivity index (χ4n) is 1.56. The lowest BCUT2D eigenvalue weighted by atomic mass is 9.78. The highest BCUT2D eigenvalue weighted by Gasteiger charge is 2.24. The monoisotopic (exact) mass is 168 g/mol. The Balaban J connectivity index is 2.35. The van der Waals surface area contributed by atoms with Crippen LogP contribution in [-0.4, -0.2) is 11.7 Å². The molecule has 1 aromatic rings. The summed E-state index contributed by atoms with van der Waals surface area (Å²) >= 11 is 5.78. The van der Waals surface area contributed by atoms with Crippen LogP contribution in [0.2, 0.25) is 5.02 Å². The van der Waals surface area contributed by atoms with E-state index in [9.17, 15) is 0 Å². The van der Waals surface area contributed by atoms with Crippen LogP contribution in [0.15, 0.2) is 18.2 Å². The van der Waals surface area contributed by atoms with E-state index in [-0.39, 0.29) is 6.61 Å². The van der Waals surface area contributed by atoms with Crippen molar-refractivity contribution in [3.8, 4) is 0 Å². The number of fused-ring (bicyclic) bond motifs is 1. The molecule has 0 spiro atoms. The first-order valence-electron chi connectivity index (χ1n) is 3.70. The van der Waals surface area contributed by atoms with Gasteiger partial charge in [0, 0.05) is 10.9 Å². The second kappa shape index (κ2) is 2.50. The van der Waals surface area contributed by atoms with E-state index in [1.54, 1.807) is 0 Å². The van der Waals surface area contributed by atoms with Crippen molar-refractivity contribution in [2.75, 3.05) is 6.61 Å². The van der Waals surface area contributed by atoms with Gasteiger partial charge in [-0.25, -0.2) is 0 Å². The maximum Gasteiger partial charge on any atom is 0.0503 e. The summed E-state index contributed by atoms with van der Waals surface area (Å²) < 4.78 is 0. The van der Waals surface area contributed by atoms with Crippen molar-refractivity contribution in [3.05, 3.63) is 34.3 Å². The van der Waals surface area contributed by atoms with Crippen molar-refractivity contribution in [3.63, 3.8) is 0 Å². The molecule has 0 aromatic heterocycles. The highest BCUT2D eigenvalue weighted by Crippen LogP contribution is 2.35. The van der Waals surface area contributed by atoms with Crippen LogP contribution in [0.25, 0.3) is 0 Å². The molecule has 1 nitrogen and oxygen atoms in total. The quantitative estimate of drug-likeness (QED) is 0.680. The van der Waals surface area contributed by atoms with Crippen molar-refractivity contribution in [1.82, 2.24) is 0 Å². The topological polar surface area (TPSA) is 20.2 Å². The minimum atomic E-state index is 0.259. The molecular formula is C9H9ClO. The number of aliphatic hydroxyl groups excluding tert-OH is 1. The van der Waals surface area contributed by atoms with Crippen LogP contribution >= 0.6 is 11.6 Å². The van der Waals surface area contributed by atoms with Gasteiger partial charge in [0.15, 0.2) is 0 Å². The fraction of sp³-hybridized carbons (Fsp3) is 0.333. The molecule has 0 saturated heterocycles. The second-order valence-corrected chi connectivity index (χ2v) is 3.36. The summed E-state index contributed by atoms with van der Waals surface area (Å²) in [5, 5.41) is 9.66. The number of hydrogen-bond acceptors (Lipinski definition) is 1. The number of halogens is 1. The Labute approximate surface area is 70.6 Å². The Morgan fingerprint density at radius 2 is 2.36 bits per heavy atom. The van der Waals surface area contributed by atoms with E-state index < -0.39 is 0 Å². The molecule has 0 heterocycles. The zero-order chi connectivity index (χ0) is 7.84. The average Bonchev–Trinajstić information content (AvgIpc) is 1.95. The van der Waals surface area contributed by atoms with Crippen molar-refractivity contribution >= 4 is 11.6 Å². The number of hydrogen-bond donors (Lipinski definition) is 1. The van der Waals surface area contributed by atoms with Crippen LogP contribution in [0.4, 0.5) is 0 Å². The maximum atomic E-state index is 8.87. The summed E-state index contributed by atoms with van der Waals surface area (Å²) in [6, 6.07) is 5.85. The minimum Gasteiger partial charge on any atom is -0.396 e. The van der Waals surface area contributed by atoms with Crippen LogP contribution in [0.3, 0.4) is 0 Å².